The van der Waals surface area contributed by atoms with Gasteiger partial charge >= 0.3 is 0 Å². The van der Waals surface area contributed by atoms with E-state index in [-0.39, 0.29) is 18.1 Å². The topological polar surface area (TPSA) is 71.8 Å². The Kier molecular flexibility index (Phi) is 5.38. The quantitative estimate of drug-likeness (QED) is 0.859. The minimum absolute atomic E-state index is 0.0859. The third kappa shape index (κ3) is 4.10. The fourth-order valence-electron chi connectivity index (χ4n) is 1.81. The van der Waals surface area contributed by atoms with Crippen LogP contribution in [0.1, 0.15) is 10.6 Å². The Morgan fingerprint density at radius 3 is 2.65 bits per heavy atom. The summed E-state index contributed by atoms with van der Waals surface area (Å²) in [5.41, 5.74) is 0.350. The van der Waals surface area contributed by atoms with Gasteiger partial charge in [-0.05, 0) is 40.2 Å². The predicted molar refractivity (Wildman–Crippen MR) is 85.1 cm³/mol. The van der Waals surface area contributed by atoms with Crippen molar-refractivity contribution >= 4 is 33.4 Å². The first-order chi connectivity index (χ1) is 10.9. The summed E-state index contributed by atoms with van der Waals surface area (Å²) >= 11 is 3.09. The SMILES string of the molecule is COc1ccc(N(C)C(=O)CNC(=O)c2ccc(Br)o2)cc1F. The van der Waals surface area contributed by atoms with Crippen LogP contribution in [-0.4, -0.2) is 32.5 Å². The van der Waals surface area contributed by atoms with Gasteiger partial charge in [0.05, 0.1) is 13.7 Å². The zero-order chi connectivity index (χ0) is 17.0. The van der Waals surface area contributed by atoms with Crippen LogP contribution in [0.4, 0.5) is 10.1 Å². The van der Waals surface area contributed by atoms with E-state index in [0.717, 1.165) is 0 Å². The lowest BCUT2D eigenvalue weighted by Crippen LogP contribution is -2.38. The number of hydrogen-bond donors (Lipinski definition) is 1. The Labute approximate surface area is 140 Å². The van der Waals surface area contributed by atoms with Crippen LogP contribution in [0.3, 0.4) is 0 Å². The third-order valence-electron chi connectivity index (χ3n) is 3.09. The maximum atomic E-state index is 13.7. The van der Waals surface area contributed by atoms with E-state index >= 15 is 0 Å². The molecule has 1 aromatic heterocycles. The zero-order valence-corrected chi connectivity index (χ0v) is 14.0. The molecule has 2 rings (SSSR count). The van der Waals surface area contributed by atoms with E-state index in [1.54, 1.807) is 12.1 Å². The number of nitrogens with zero attached hydrogens (tertiary/aromatic N) is 1. The van der Waals surface area contributed by atoms with Crippen molar-refractivity contribution in [3.8, 4) is 5.75 Å². The molecule has 0 spiro atoms. The van der Waals surface area contributed by atoms with E-state index in [1.807, 2.05) is 0 Å². The molecule has 0 saturated carbocycles. The summed E-state index contributed by atoms with van der Waals surface area (Å²) in [7, 11) is 2.84. The molecule has 1 aromatic carbocycles. The molecular weight excluding hydrogens is 371 g/mol. The first-order valence-electron chi connectivity index (χ1n) is 6.56. The molecule has 0 atom stereocenters. The van der Waals surface area contributed by atoms with Crippen LogP contribution in [0, 0.1) is 5.82 Å². The van der Waals surface area contributed by atoms with Crippen molar-refractivity contribution in [1.29, 1.82) is 0 Å². The number of methoxy groups -OCH3 is 1. The van der Waals surface area contributed by atoms with Gasteiger partial charge in [-0.25, -0.2) is 4.39 Å². The minimum atomic E-state index is -0.575. The molecular formula is C15H14BrFN2O4. The van der Waals surface area contributed by atoms with Crippen molar-refractivity contribution in [2.24, 2.45) is 0 Å². The number of ether oxygens (including phenoxy) is 1. The Hall–Kier alpha value is -2.35. The van der Waals surface area contributed by atoms with Crippen molar-refractivity contribution < 1.29 is 23.1 Å². The summed E-state index contributed by atoms with van der Waals surface area (Å²) in [6.45, 7) is -0.249. The van der Waals surface area contributed by atoms with Gasteiger partial charge in [-0.2, -0.15) is 0 Å². The Morgan fingerprint density at radius 1 is 1.35 bits per heavy atom. The number of carbonyl (C=O) groups is 2. The smallest absolute Gasteiger partial charge is 0.287 e. The van der Waals surface area contributed by atoms with Gasteiger partial charge in [0.15, 0.2) is 22.0 Å². The van der Waals surface area contributed by atoms with E-state index < -0.39 is 17.6 Å². The van der Waals surface area contributed by atoms with Crippen LogP contribution in [0.2, 0.25) is 0 Å². The second kappa shape index (κ2) is 7.28. The maximum absolute atomic E-state index is 13.7. The number of rotatable bonds is 5. The highest BCUT2D eigenvalue weighted by Gasteiger charge is 2.16. The highest BCUT2D eigenvalue weighted by atomic mass is 79.9. The number of anilines is 1. The van der Waals surface area contributed by atoms with Gasteiger partial charge in [-0.1, -0.05) is 0 Å². The van der Waals surface area contributed by atoms with Crippen LogP contribution in [0.15, 0.2) is 39.4 Å². The van der Waals surface area contributed by atoms with Gasteiger partial charge in [-0.3, -0.25) is 9.59 Å². The summed E-state index contributed by atoms with van der Waals surface area (Å²) in [6, 6.07) is 7.20. The molecule has 6 nitrogen and oxygen atoms in total. The fraction of sp³-hybridized carbons (Fsp3) is 0.200. The monoisotopic (exact) mass is 384 g/mol. The highest BCUT2D eigenvalue weighted by Crippen LogP contribution is 2.22. The Balaban J connectivity index is 1.97. The van der Waals surface area contributed by atoms with Crippen molar-refractivity contribution in [2.45, 2.75) is 0 Å². The zero-order valence-electron chi connectivity index (χ0n) is 12.4. The molecule has 2 amide bonds. The molecule has 0 radical (unpaired) electrons. The number of benzene rings is 1. The minimum Gasteiger partial charge on any atom is -0.494 e. The van der Waals surface area contributed by atoms with Gasteiger partial charge < -0.3 is 19.4 Å². The second-order valence-electron chi connectivity index (χ2n) is 4.56. The van der Waals surface area contributed by atoms with Crippen molar-refractivity contribution in [1.82, 2.24) is 5.32 Å². The number of likely N-dealkylation sites (N-methyl/N-ethyl adjacent to an activating group) is 1. The lowest BCUT2D eigenvalue weighted by atomic mass is 10.2. The molecule has 0 aliphatic rings. The van der Waals surface area contributed by atoms with Crippen LogP contribution >= 0.6 is 15.9 Å². The van der Waals surface area contributed by atoms with Crippen LogP contribution in [0.25, 0.3) is 0 Å². The predicted octanol–water partition coefficient (Wildman–Crippen LogP) is 2.58. The normalized spacial score (nSPS) is 10.3. The Morgan fingerprint density at radius 2 is 2.09 bits per heavy atom. The lowest BCUT2D eigenvalue weighted by molar-refractivity contribution is -0.117. The first-order valence-corrected chi connectivity index (χ1v) is 7.35. The average molecular weight is 385 g/mol. The summed E-state index contributed by atoms with van der Waals surface area (Å²) in [4.78, 5) is 25.1. The molecule has 1 N–H and O–H groups in total. The van der Waals surface area contributed by atoms with Crippen LogP contribution in [-0.2, 0) is 4.79 Å². The van der Waals surface area contributed by atoms with E-state index in [0.29, 0.717) is 10.4 Å². The largest absolute Gasteiger partial charge is 0.494 e. The number of carbonyl (C=O) groups excluding carboxylic acids is 2. The van der Waals surface area contributed by atoms with Gasteiger partial charge in [0, 0.05) is 18.8 Å². The van der Waals surface area contributed by atoms with Crippen LogP contribution in [0.5, 0.6) is 5.75 Å². The van der Waals surface area contributed by atoms with E-state index in [9.17, 15) is 14.0 Å². The summed E-state index contributed by atoms with van der Waals surface area (Å²) in [5.74, 6) is -1.32. The van der Waals surface area contributed by atoms with Crippen molar-refractivity contribution in [2.75, 3.05) is 25.6 Å². The average Bonchev–Trinajstić information content (AvgIpc) is 2.98. The standard InChI is InChI=1S/C15H14BrFN2O4/c1-19(9-3-4-11(22-2)10(17)7-9)14(20)8-18-15(21)12-5-6-13(16)23-12/h3-7H,8H2,1-2H3,(H,18,21). The first kappa shape index (κ1) is 17.0. The number of amides is 2. The maximum Gasteiger partial charge on any atom is 0.287 e. The molecule has 8 heteroatoms. The molecule has 0 saturated heterocycles. The number of hydrogen-bond acceptors (Lipinski definition) is 4. The Bertz CT molecular complexity index is 732. The van der Waals surface area contributed by atoms with Gasteiger partial charge in [0.25, 0.3) is 5.91 Å². The van der Waals surface area contributed by atoms with Crippen molar-refractivity contribution in [3.63, 3.8) is 0 Å². The van der Waals surface area contributed by atoms with Crippen molar-refractivity contribution in [3.05, 3.63) is 46.6 Å². The molecule has 0 bridgehead atoms. The third-order valence-corrected chi connectivity index (χ3v) is 3.52. The number of halogens is 2. The molecule has 0 aliphatic carbocycles. The van der Waals surface area contributed by atoms with Gasteiger partial charge in [0.1, 0.15) is 0 Å². The number of nitrogens with one attached hydrogen (secondary N) is 1. The molecule has 1 heterocycles. The molecule has 23 heavy (non-hydrogen) atoms. The second-order valence-corrected chi connectivity index (χ2v) is 5.34. The van der Waals surface area contributed by atoms with Gasteiger partial charge in [0.2, 0.25) is 5.91 Å². The van der Waals surface area contributed by atoms with Crippen LogP contribution < -0.4 is 15.0 Å². The highest BCUT2D eigenvalue weighted by molar-refractivity contribution is 9.10. The van der Waals surface area contributed by atoms with Gasteiger partial charge in [-0.15, -0.1) is 0 Å². The van der Waals surface area contributed by atoms with E-state index in [1.165, 1.54) is 37.3 Å². The molecule has 0 unspecified atom stereocenters. The molecule has 0 fully saturated rings. The van der Waals surface area contributed by atoms with E-state index in [4.69, 9.17) is 9.15 Å². The molecule has 122 valence electrons. The molecule has 0 aliphatic heterocycles. The molecule has 2 aromatic rings. The number of furan rings is 1. The summed E-state index contributed by atoms with van der Waals surface area (Å²) < 4.78 is 24.0. The fourth-order valence-corrected chi connectivity index (χ4v) is 2.11. The summed E-state index contributed by atoms with van der Waals surface area (Å²) in [6.07, 6.45) is 0. The lowest BCUT2D eigenvalue weighted by Gasteiger charge is -2.18. The summed E-state index contributed by atoms with van der Waals surface area (Å²) in [5, 5.41) is 2.44. The van der Waals surface area contributed by atoms with E-state index in [2.05, 4.69) is 21.2 Å².